The molecule has 0 aromatic carbocycles. The van der Waals surface area contributed by atoms with Crippen LogP contribution in [0, 0.1) is 0 Å². The second-order valence-corrected chi connectivity index (χ2v) is 6.19. The average Bonchev–Trinajstić information content (AvgIpc) is 2.94. The van der Waals surface area contributed by atoms with Gasteiger partial charge in [-0.25, -0.2) is 4.98 Å². The first kappa shape index (κ1) is 15.3. The highest BCUT2D eigenvalue weighted by molar-refractivity contribution is 7.09. The zero-order valence-electron chi connectivity index (χ0n) is 11.9. The van der Waals surface area contributed by atoms with Crippen molar-refractivity contribution < 1.29 is 0 Å². The van der Waals surface area contributed by atoms with Crippen molar-refractivity contribution in [3.8, 4) is 0 Å². The Kier molecular flexibility index (Phi) is 5.83. The van der Waals surface area contributed by atoms with Crippen LogP contribution in [0.15, 0.2) is 29.8 Å². The van der Waals surface area contributed by atoms with Gasteiger partial charge in [-0.2, -0.15) is 0 Å². The molecule has 0 fully saturated rings. The SMILES string of the molecule is CCCNCc1cc(N(C)Cc2cccs2)ncc1Cl. The van der Waals surface area contributed by atoms with Crippen molar-refractivity contribution in [3.05, 3.63) is 45.2 Å². The number of nitrogens with zero attached hydrogens (tertiary/aromatic N) is 2. The standard InChI is InChI=1S/C15H20ClN3S/c1-3-6-17-9-12-8-15(18-10-14(12)16)19(2)11-13-5-4-7-20-13/h4-5,7-8,10,17H,3,6,9,11H2,1-2H3. The van der Waals surface area contributed by atoms with Crippen molar-refractivity contribution in [2.45, 2.75) is 26.4 Å². The lowest BCUT2D eigenvalue weighted by atomic mass is 10.2. The molecule has 0 aliphatic carbocycles. The molecule has 0 unspecified atom stereocenters. The Balaban J connectivity index is 2.05. The molecule has 20 heavy (non-hydrogen) atoms. The summed E-state index contributed by atoms with van der Waals surface area (Å²) in [4.78, 5) is 7.89. The van der Waals surface area contributed by atoms with Crippen molar-refractivity contribution >= 4 is 28.8 Å². The number of thiophene rings is 1. The zero-order chi connectivity index (χ0) is 14.4. The fraction of sp³-hybridized carbons (Fsp3) is 0.400. The fourth-order valence-corrected chi connectivity index (χ4v) is 2.86. The van der Waals surface area contributed by atoms with Gasteiger partial charge >= 0.3 is 0 Å². The lowest BCUT2D eigenvalue weighted by Crippen LogP contribution is -2.18. The lowest BCUT2D eigenvalue weighted by Gasteiger charge is -2.18. The Morgan fingerprint density at radius 3 is 3.00 bits per heavy atom. The molecule has 5 heteroatoms. The first-order valence-electron chi connectivity index (χ1n) is 6.79. The molecule has 2 heterocycles. The van der Waals surface area contributed by atoms with E-state index in [1.165, 1.54) is 4.88 Å². The molecular weight excluding hydrogens is 290 g/mol. The van der Waals surface area contributed by atoms with Crippen LogP contribution in [-0.2, 0) is 13.1 Å². The minimum atomic E-state index is 0.724. The number of hydrogen-bond acceptors (Lipinski definition) is 4. The topological polar surface area (TPSA) is 28.2 Å². The first-order valence-corrected chi connectivity index (χ1v) is 8.05. The van der Waals surface area contributed by atoms with Crippen LogP contribution in [0.25, 0.3) is 0 Å². The minimum absolute atomic E-state index is 0.724. The highest BCUT2D eigenvalue weighted by atomic mass is 35.5. The van der Waals surface area contributed by atoms with Crippen LogP contribution in [0.1, 0.15) is 23.8 Å². The number of aromatic nitrogens is 1. The Bertz CT molecular complexity index is 528. The van der Waals surface area contributed by atoms with E-state index in [-0.39, 0.29) is 0 Å². The van der Waals surface area contributed by atoms with Gasteiger partial charge in [-0.3, -0.25) is 0 Å². The van der Waals surface area contributed by atoms with Crippen LogP contribution in [0.2, 0.25) is 5.02 Å². The van der Waals surface area contributed by atoms with Crippen LogP contribution in [0.4, 0.5) is 5.82 Å². The summed E-state index contributed by atoms with van der Waals surface area (Å²) in [5.41, 5.74) is 1.10. The molecule has 2 aromatic heterocycles. The van der Waals surface area contributed by atoms with E-state index in [1.807, 2.05) is 0 Å². The maximum Gasteiger partial charge on any atom is 0.128 e. The summed E-state index contributed by atoms with van der Waals surface area (Å²) in [6.07, 6.45) is 2.86. The second kappa shape index (κ2) is 7.62. The van der Waals surface area contributed by atoms with Gasteiger partial charge in [-0.05, 0) is 36.0 Å². The lowest BCUT2D eigenvalue weighted by molar-refractivity contribution is 0.674. The van der Waals surface area contributed by atoms with Crippen LogP contribution in [0.5, 0.6) is 0 Å². The van der Waals surface area contributed by atoms with Gasteiger partial charge in [0.25, 0.3) is 0 Å². The predicted octanol–water partition coefficient (Wildman–Crippen LogP) is 3.93. The number of anilines is 1. The highest BCUT2D eigenvalue weighted by Gasteiger charge is 2.08. The Morgan fingerprint density at radius 2 is 2.30 bits per heavy atom. The van der Waals surface area contributed by atoms with Gasteiger partial charge in [0.15, 0.2) is 0 Å². The Labute approximate surface area is 129 Å². The van der Waals surface area contributed by atoms with Crippen LogP contribution < -0.4 is 10.2 Å². The molecule has 0 amide bonds. The van der Waals surface area contributed by atoms with Crippen molar-refractivity contribution in [2.75, 3.05) is 18.5 Å². The fourth-order valence-electron chi connectivity index (χ4n) is 1.93. The van der Waals surface area contributed by atoms with E-state index in [0.29, 0.717) is 0 Å². The maximum absolute atomic E-state index is 6.20. The summed E-state index contributed by atoms with van der Waals surface area (Å²) in [5.74, 6) is 0.955. The molecule has 0 atom stereocenters. The van der Waals surface area contributed by atoms with E-state index in [0.717, 1.165) is 42.5 Å². The molecule has 0 aliphatic rings. The summed E-state index contributed by atoms with van der Waals surface area (Å²) in [6.45, 7) is 4.81. The first-order chi connectivity index (χ1) is 9.70. The quantitative estimate of drug-likeness (QED) is 0.785. The van der Waals surface area contributed by atoms with Crippen molar-refractivity contribution in [1.82, 2.24) is 10.3 Å². The van der Waals surface area contributed by atoms with E-state index in [4.69, 9.17) is 11.6 Å². The second-order valence-electron chi connectivity index (χ2n) is 4.75. The summed E-state index contributed by atoms with van der Waals surface area (Å²) in [6, 6.07) is 6.28. The third-order valence-electron chi connectivity index (χ3n) is 3.03. The Hall–Kier alpha value is -1.10. The molecule has 1 N–H and O–H groups in total. The number of halogens is 1. The van der Waals surface area contributed by atoms with E-state index >= 15 is 0 Å². The minimum Gasteiger partial charge on any atom is -0.355 e. The highest BCUT2D eigenvalue weighted by Crippen LogP contribution is 2.22. The molecular formula is C15H20ClN3S. The third kappa shape index (κ3) is 4.20. The molecule has 3 nitrogen and oxygen atoms in total. The molecule has 0 bridgehead atoms. The average molecular weight is 310 g/mol. The van der Waals surface area contributed by atoms with Gasteiger partial charge in [0.2, 0.25) is 0 Å². The predicted molar refractivity (Wildman–Crippen MR) is 87.7 cm³/mol. The molecule has 2 rings (SSSR count). The van der Waals surface area contributed by atoms with Crippen LogP contribution >= 0.6 is 22.9 Å². The van der Waals surface area contributed by atoms with Crippen LogP contribution in [-0.4, -0.2) is 18.6 Å². The van der Waals surface area contributed by atoms with Gasteiger partial charge in [0.05, 0.1) is 11.6 Å². The van der Waals surface area contributed by atoms with E-state index in [1.54, 1.807) is 17.5 Å². The van der Waals surface area contributed by atoms with E-state index in [2.05, 4.69) is 52.8 Å². The molecule has 0 saturated heterocycles. The Morgan fingerprint density at radius 1 is 1.45 bits per heavy atom. The molecule has 0 spiro atoms. The smallest absolute Gasteiger partial charge is 0.128 e. The molecule has 0 saturated carbocycles. The van der Waals surface area contributed by atoms with E-state index in [9.17, 15) is 0 Å². The summed E-state index contributed by atoms with van der Waals surface area (Å²) in [7, 11) is 2.05. The summed E-state index contributed by atoms with van der Waals surface area (Å²) < 4.78 is 0. The van der Waals surface area contributed by atoms with Gasteiger partial charge in [0, 0.05) is 24.7 Å². The van der Waals surface area contributed by atoms with Gasteiger partial charge in [-0.1, -0.05) is 24.6 Å². The largest absolute Gasteiger partial charge is 0.355 e. The monoisotopic (exact) mass is 309 g/mol. The molecule has 0 radical (unpaired) electrons. The normalized spacial score (nSPS) is 10.8. The number of hydrogen-bond donors (Lipinski definition) is 1. The molecule has 108 valence electrons. The summed E-state index contributed by atoms with van der Waals surface area (Å²) in [5, 5.41) is 6.19. The zero-order valence-corrected chi connectivity index (χ0v) is 13.5. The van der Waals surface area contributed by atoms with Crippen molar-refractivity contribution in [2.24, 2.45) is 0 Å². The van der Waals surface area contributed by atoms with Crippen molar-refractivity contribution in [3.63, 3.8) is 0 Å². The third-order valence-corrected chi connectivity index (χ3v) is 4.23. The maximum atomic E-state index is 6.20. The van der Waals surface area contributed by atoms with Crippen molar-refractivity contribution in [1.29, 1.82) is 0 Å². The van der Waals surface area contributed by atoms with Gasteiger partial charge in [-0.15, -0.1) is 11.3 Å². The number of rotatable bonds is 7. The van der Waals surface area contributed by atoms with Crippen LogP contribution in [0.3, 0.4) is 0 Å². The van der Waals surface area contributed by atoms with E-state index < -0.39 is 0 Å². The van der Waals surface area contributed by atoms with Gasteiger partial charge < -0.3 is 10.2 Å². The number of pyridine rings is 1. The number of nitrogens with one attached hydrogen (secondary N) is 1. The molecule has 0 aliphatic heterocycles. The molecule has 2 aromatic rings. The summed E-state index contributed by atoms with van der Waals surface area (Å²) >= 11 is 7.97. The van der Waals surface area contributed by atoms with Gasteiger partial charge in [0.1, 0.15) is 5.82 Å².